The molecule has 1 aromatic carbocycles. The maximum absolute atomic E-state index is 13.0. The Morgan fingerprint density at radius 3 is 2.60 bits per heavy atom. The van der Waals surface area contributed by atoms with Crippen LogP contribution in [0, 0.1) is 5.82 Å². The second-order valence-corrected chi connectivity index (χ2v) is 6.89. The third-order valence-corrected chi connectivity index (χ3v) is 4.65. The molecule has 0 bridgehead atoms. The van der Waals surface area contributed by atoms with E-state index in [0.717, 1.165) is 24.3 Å². The normalized spacial score (nSPS) is 14.4. The zero-order valence-electron chi connectivity index (χ0n) is 14.6. The van der Waals surface area contributed by atoms with Gasteiger partial charge in [-0.1, -0.05) is 0 Å². The van der Waals surface area contributed by atoms with Gasteiger partial charge in [-0.25, -0.2) is 9.07 Å². The first kappa shape index (κ1) is 16.0. The van der Waals surface area contributed by atoms with Gasteiger partial charge < -0.3 is 0 Å². The van der Waals surface area contributed by atoms with Crippen LogP contribution in [-0.2, 0) is 20.1 Å². The molecule has 6 heteroatoms. The smallest absolute Gasteiger partial charge is 0.123 e. The predicted octanol–water partition coefficient (Wildman–Crippen LogP) is 3.25. The molecular weight excluding hydrogens is 317 g/mol. The Morgan fingerprint density at radius 2 is 1.88 bits per heavy atom. The molecule has 0 saturated heterocycles. The third-order valence-electron chi connectivity index (χ3n) is 4.65. The molecule has 1 aliphatic rings. The highest BCUT2D eigenvalue weighted by Crippen LogP contribution is 2.41. The van der Waals surface area contributed by atoms with Gasteiger partial charge in [0.1, 0.15) is 5.82 Å². The van der Waals surface area contributed by atoms with Crippen LogP contribution < -0.4 is 0 Å². The number of nitrogens with zero attached hydrogens (tertiary/aromatic N) is 5. The SMILES string of the molecule is CN(Cc1cnn(-c2ccc(F)cc2)c1)Cc1cnn(C)c1C1CC1. The Labute approximate surface area is 146 Å². The van der Waals surface area contributed by atoms with Crippen LogP contribution in [0.4, 0.5) is 4.39 Å². The van der Waals surface area contributed by atoms with Crippen LogP contribution in [0.3, 0.4) is 0 Å². The van der Waals surface area contributed by atoms with E-state index in [0.29, 0.717) is 5.92 Å². The second kappa shape index (κ2) is 6.44. The van der Waals surface area contributed by atoms with Crippen molar-refractivity contribution in [3.05, 3.63) is 65.5 Å². The highest BCUT2D eigenvalue weighted by molar-refractivity contribution is 5.31. The number of benzene rings is 1. The molecule has 3 aromatic rings. The summed E-state index contributed by atoms with van der Waals surface area (Å²) in [6.07, 6.45) is 8.41. The van der Waals surface area contributed by atoms with Gasteiger partial charge in [-0.05, 0) is 44.2 Å². The summed E-state index contributed by atoms with van der Waals surface area (Å²) in [5.74, 6) is 0.455. The molecule has 0 radical (unpaired) electrons. The van der Waals surface area contributed by atoms with Crippen molar-refractivity contribution in [2.24, 2.45) is 7.05 Å². The van der Waals surface area contributed by atoms with E-state index in [9.17, 15) is 4.39 Å². The van der Waals surface area contributed by atoms with E-state index in [1.54, 1.807) is 16.8 Å². The predicted molar refractivity (Wildman–Crippen MR) is 93.9 cm³/mol. The van der Waals surface area contributed by atoms with Crippen LogP contribution in [0.5, 0.6) is 0 Å². The van der Waals surface area contributed by atoms with Gasteiger partial charge in [0, 0.05) is 49.1 Å². The lowest BCUT2D eigenvalue weighted by molar-refractivity contribution is 0.318. The summed E-state index contributed by atoms with van der Waals surface area (Å²) >= 11 is 0. The summed E-state index contributed by atoms with van der Waals surface area (Å²) in [6, 6.07) is 6.36. The first-order valence-corrected chi connectivity index (χ1v) is 8.59. The average Bonchev–Trinajstić information content (AvgIpc) is 3.21. The number of aromatic nitrogens is 4. The van der Waals surface area contributed by atoms with Crippen LogP contribution in [0.15, 0.2) is 42.9 Å². The Hall–Kier alpha value is -2.47. The van der Waals surface area contributed by atoms with Gasteiger partial charge in [-0.2, -0.15) is 10.2 Å². The molecule has 0 amide bonds. The minimum atomic E-state index is -0.237. The largest absolute Gasteiger partial charge is 0.298 e. The molecule has 4 rings (SSSR count). The minimum absolute atomic E-state index is 0.237. The fourth-order valence-corrected chi connectivity index (χ4v) is 3.33. The fourth-order valence-electron chi connectivity index (χ4n) is 3.33. The maximum Gasteiger partial charge on any atom is 0.123 e. The number of rotatable bonds is 6. The molecule has 25 heavy (non-hydrogen) atoms. The second-order valence-electron chi connectivity index (χ2n) is 6.89. The zero-order chi connectivity index (χ0) is 17.4. The van der Waals surface area contributed by atoms with Crippen molar-refractivity contribution in [3.63, 3.8) is 0 Å². The lowest BCUT2D eigenvalue weighted by Gasteiger charge is -2.16. The monoisotopic (exact) mass is 339 g/mol. The van der Waals surface area contributed by atoms with E-state index in [1.807, 2.05) is 30.3 Å². The molecule has 5 nitrogen and oxygen atoms in total. The van der Waals surface area contributed by atoms with Gasteiger partial charge in [0.25, 0.3) is 0 Å². The Balaban J connectivity index is 1.43. The number of aryl methyl sites for hydroxylation is 1. The molecule has 0 spiro atoms. The van der Waals surface area contributed by atoms with Crippen molar-refractivity contribution >= 4 is 0 Å². The summed E-state index contributed by atoms with van der Waals surface area (Å²) in [5.41, 5.74) is 4.69. The highest BCUT2D eigenvalue weighted by Gasteiger charge is 2.29. The molecule has 2 heterocycles. The first-order chi connectivity index (χ1) is 12.1. The molecule has 1 fully saturated rings. The van der Waals surface area contributed by atoms with Crippen LogP contribution in [0.25, 0.3) is 5.69 Å². The van der Waals surface area contributed by atoms with E-state index in [4.69, 9.17) is 0 Å². The van der Waals surface area contributed by atoms with E-state index >= 15 is 0 Å². The molecular formula is C19H22FN5. The highest BCUT2D eigenvalue weighted by atomic mass is 19.1. The summed E-state index contributed by atoms with van der Waals surface area (Å²) in [6.45, 7) is 1.68. The Kier molecular flexibility index (Phi) is 4.13. The topological polar surface area (TPSA) is 38.9 Å². The molecule has 130 valence electrons. The number of halogens is 1. The standard InChI is InChI=1S/C19H22FN5/c1-23(13-16-10-21-24(2)19(16)15-3-4-15)11-14-9-22-25(12-14)18-7-5-17(20)6-8-18/h5-10,12,15H,3-4,11,13H2,1-2H3. The fraction of sp³-hybridized carbons (Fsp3) is 0.368. The van der Waals surface area contributed by atoms with Gasteiger partial charge in [-0.15, -0.1) is 0 Å². The van der Waals surface area contributed by atoms with Crippen molar-refractivity contribution in [1.82, 2.24) is 24.5 Å². The van der Waals surface area contributed by atoms with Crippen molar-refractivity contribution < 1.29 is 4.39 Å². The Bertz CT molecular complexity index is 860. The van der Waals surface area contributed by atoms with Crippen LogP contribution in [0.2, 0.25) is 0 Å². The zero-order valence-corrected chi connectivity index (χ0v) is 14.6. The summed E-state index contributed by atoms with van der Waals surface area (Å²) in [7, 11) is 4.14. The minimum Gasteiger partial charge on any atom is -0.298 e. The summed E-state index contributed by atoms with van der Waals surface area (Å²) in [5, 5.41) is 8.82. The lowest BCUT2D eigenvalue weighted by Crippen LogP contribution is -2.17. The number of hydrogen-bond acceptors (Lipinski definition) is 3. The first-order valence-electron chi connectivity index (χ1n) is 8.59. The molecule has 0 N–H and O–H groups in total. The van der Waals surface area contributed by atoms with Gasteiger partial charge >= 0.3 is 0 Å². The van der Waals surface area contributed by atoms with Crippen LogP contribution in [-0.4, -0.2) is 31.5 Å². The van der Waals surface area contributed by atoms with Crippen molar-refractivity contribution in [2.75, 3.05) is 7.05 Å². The molecule has 1 aliphatic carbocycles. The third kappa shape index (κ3) is 3.49. The summed E-state index contributed by atoms with van der Waals surface area (Å²) in [4.78, 5) is 2.27. The van der Waals surface area contributed by atoms with Crippen molar-refractivity contribution in [2.45, 2.75) is 31.8 Å². The molecule has 0 unspecified atom stereocenters. The maximum atomic E-state index is 13.0. The molecule has 1 saturated carbocycles. The quantitative estimate of drug-likeness (QED) is 0.692. The van der Waals surface area contributed by atoms with E-state index in [2.05, 4.69) is 22.1 Å². The van der Waals surface area contributed by atoms with Gasteiger partial charge in [0.15, 0.2) is 0 Å². The van der Waals surface area contributed by atoms with Gasteiger partial charge in [-0.3, -0.25) is 9.58 Å². The average molecular weight is 339 g/mol. The van der Waals surface area contributed by atoms with E-state index in [1.165, 1.54) is 36.2 Å². The van der Waals surface area contributed by atoms with Crippen LogP contribution >= 0.6 is 0 Å². The molecule has 2 aromatic heterocycles. The van der Waals surface area contributed by atoms with Crippen molar-refractivity contribution in [3.8, 4) is 5.69 Å². The number of hydrogen-bond donors (Lipinski definition) is 0. The summed E-state index contributed by atoms with van der Waals surface area (Å²) < 4.78 is 16.8. The Morgan fingerprint density at radius 1 is 1.12 bits per heavy atom. The van der Waals surface area contributed by atoms with Gasteiger partial charge in [0.05, 0.1) is 18.1 Å². The molecule has 0 atom stereocenters. The van der Waals surface area contributed by atoms with E-state index < -0.39 is 0 Å². The van der Waals surface area contributed by atoms with Crippen LogP contribution in [0.1, 0.15) is 35.6 Å². The van der Waals surface area contributed by atoms with E-state index in [-0.39, 0.29) is 5.82 Å². The lowest BCUT2D eigenvalue weighted by atomic mass is 10.1. The van der Waals surface area contributed by atoms with Crippen molar-refractivity contribution in [1.29, 1.82) is 0 Å². The molecule has 0 aliphatic heterocycles. The van der Waals surface area contributed by atoms with Gasteiger partial charge in [0.2, 0.25) is 0 Å².